The smallest absolute Gasteiger partial charge is 0.382 e. The fraction of sp³-hybridized carbons (Fsp3) is 0.882. The minimum absolute atomic E-state index is 0.00674. The highest BCUT2D eigenvalue weighted by Crippen LogP contribution is 2.26. The highest BCUT2D eigenvalue weighted by molar-refractivity contribution is 5.90. The number of aliphatic hydroxyl groups excluding tert-OH is 1. The zero-order valence-corrected chi connectivity index (χ0v) is 15.9. The quantitative estimate of drug-likeness (QED) is 0.621. The van der Waals surface area contributed by atoms with E-state index < -0.39 is 42.2 Å². The number of carbonyl (C=O) groups is 2. The van der Waals surface area contributed by atoms with Gasteiger partial charge in [-0.1, -0.05) is 27.7 Å². The Hall–Kier alpha value is -1.35. The number of likely N-dealkylation sites (tertiary alicyclic amines) is 1. The molecule has 26 heavy (non-hydrogen) atoms. The van der Waals surface area contributed by atoms with Crippen LogP contribution in [0.3, 0.4) is 0 Å². The summed E-state index contributed by atoms with van der Waals surface area (Å²) in [6, 6.07) is -2.76. The molecule has 152 valence electrons. The van der Waals surface area contributed by atoms with Crippen molar-refractivity contribution in [3.8, 4) is 0 Å². The van der Waals surface area contributed by atoms with Crippen molar-refractivity contribution >= 4 is 11.8 Å². The molecule has 0 aliphatic carbocycles. The summed E-state index contributed by atoms with van der Waals surface area (Å²) in [5, 5.41) is 14.8. The molecular weight excluding hydrogens is 351 g/mol. The van der Waals surface area contributed by atoms with Gasteiger partial charge in [-0.3, -0.25) is 9.59 Å². The molecule has 1 rings (SSSR count). The lowest BCUT2D eigenvalue weighted by Crippen LogP contribution is -2.58. The van der Waals surface area contributed by atoms with Gasteiger partial charge in [-0.05, 0) is 31.7 Å². The van der Waals surface area contributed by atoms with Crippen LogP contribution in [0.25, 0.3) is 0 Å². The van der Waals surface area contributed by atoms with Gasteiger partial charge in [0, 0.05) is 6.54 Å². The van der Waals surface area contributed by atoms with Gasteiger partial charge in [0.15, 0.2) is 6.10 Å². The largest absolute Gasteiger partial charge is 0.416 e. The second-order valence-corrected chi connectivity index (χ2v) is 7.46. The Labute approximate surface area is 152 Å². The van der Waals surface area contributed by atoms with Gasteiger partial charge >= 0.3 is 6.18 Å². The Kier molecular flexibility index (Phi) is 7.88. The third-order valence-electron chi connectivity index (χ3n) is 4.78. The maximum absolute atomic E-state index is 12.9. The summed E-state index contributed by atoms with van der Waals surface area (Å²) in [6.07, 6.45) is -6.49. The molecule has 9 heteroatoms. The topological polar surface area (TPSA) is 81.7 Å². The van der Waals surface area contributed by atoms with E-state index in [1.165, 1.54) is 18.7 Å². The number of hydrogen-bond donors (Lipinski definition) is 3. The SMILES string of the molecule is CN[C@H](C(=O)N1CCC[C@H]1C(=O)NC(C(C)C)C(O)C(F)(F)F)C(C)C. The Morgan fingerprint density at radius 1 is 1.15 bits per heavy atom. The number of nitrogens with one attached hydrogen (secondary N) is 2. The van der Waals surface area contributed by atoms with E-state index in [1.54, 1.807) is 7.05 Å². The third kappa shape index (κ3) is 5.33. The van der Waals surface area contributed by atoms with Crippen LogP contribution in [0.5, 0.6) is 0 Å². The Balaban J connectivity index is 2.91. The number of amides is 2. The summed E-state index contributed by atoms with van der Waals surface area (Å²) in [4.78, 5) is 26.7. The first-order valence-corrected chi connectivity index (χ1v) is 8.94. The second-order valence-electron chi connectivity index (χ2n) is 7.46. The van der Waals surface area contributed by atoms with E-state index in [9.17, 15) is 27.9 Å². The second kappa shape index (κ2) is 9.03. The van der Waals surface area contributed by atoms with Gasteiger partial charge in [0.2, 0.25) is 11.8 Å². The van der Waals surface area contributed by atoms with Gasteiger partial charge in [0.25, 0.3) is 0 Å². The number of rotatable bonds is 7. The van der Waals surface area contributed by atoms with Crippen LogP contribution in [0.4, 0.5) is 13.2 Å². The maximum atomic E-state index is 12.9. The van der Waals surface area contributed by atoms with Gasteiger partial charge in [0.1, 0.15) is 6.04 Å². The molecular formula is C17H30F3N3O3. The predicted molar refractivity (Wildman–Crippen MR) is 91.3 cm³/mol. The summed E-state index contributed by atoms with van der Waals surface area (Å²) in [5.41, 5.74) is 0. The Morgan fingerprint density at radius 2 is 1.73 bits per heavy atom. The molecule has 4 atom stereocenters. The summed E-state index contributed by atoms with van der Waals surface area (Å²) in [5.74, 6) is -1.51. The number of halogens is 3. The van der Waals surface area contributed by atoms with Crippen LogP contribution in [-0.4, -0.2) is 65.8 Å². The fourth-order valence-corrected chi connectivity index (χ4v) is 3.30. The Bertz CT molecular complexity index is 497. The molecule has 0 spiro atoms. The average molecular weight is 381 g/mol. The van der Waals surface area contributed by atoms with Crippen molar-refractivity contribution in [1.29, 1.82) is 0 Å². The first-order valence-electron chi connectivity index (χ1n) is 8.94. The molecule has 3 N–H and O–H groups in total. The van der Waals surface area contributed by atoms with Crippen LogP contribution in [0.2, 0.25) is 0 Å². The zero-order chi connectivity index (χ0) is 20.2. The van der Waals surface area contributed by atoms with Crippen LogP contribution < -0.4 is 10.6 Å². The first kappa shape index (κ1) is 22.7. The molecule has 0 bridgehead atoms. The molecule has 0 aromatic heterocycles. The van der Waals surface area contributed by atoms with Gasteiger partial charge < -0.3 is 20.6 Å². The van der Waals surface area contributed by atoms with E-state index in [1.807, 2.05) is 13.8 Å². The molecule has 6 nitrogen and oxygen atoms in total. The summed E-state index contributed by atoms with van der Waals surface area (Å²) in [6.45, 7) is 7.12. The van der Waals surface area contributed by atoms with Crippen LogP contribution >= 0.6 is 0 Å². The van der Waals surface area contributed by atoms with Gasteiger partial charge in [-0.25, -0.2) is 0 Å². The van der Waals surface area contributed by atoms with E-state index in [4.69, 9.17) is 0 Å². The average Bonchev–Trinajstić information content (AvgIpc) is 3.00. The lowest BCUT2D eigenvalue weighted by atomic mass is 9.97. The van der Waals surface area contributed by atoms with E-state index in [0.717, 1.165) is 0 Å². The molecule has 2 amide bonds. The Morgan fingerprint density at radius 3 is 2.15 bits per heavy atom. The van der Waals surface area contributed by atoms with Crippen molar-refractivity contribution in [2.45, 2.75) is 70.9 Å². The lowest BCUT2D eigenvalue weighted by molar-refractivity contribution is -0.215. The molecule has 2 unspecified atom stereocenters. The molecule has 1 fully saturated rings. The molecule has 0 saturated carbocycles. The van der Waals surface area contributed by atoms with Crippen molar-refractivity contribution in [2.24, 2.45) is 11.8 Å². The molecule has 0 radical (unpaired) electrons. The molecule has 1 aliphatic rings. The number of aliphatic hydroxyl groups is 1. The van der Waals surface area contributed by atoms with E-state index in [-0.39, 0.29) is 11.8 Å². The number of likely N-dealkylation sites (N-methyl/N-ethyl adjacent to an activating group) is 1. The van der Waals surface area contributed by atoms with Gasteiger partial charge in [-0.2, -0.15) is 13.2 Å². The van der Waals surface area contributed by atoms with Gasteiger partial charge in [0.05, 0.1) is 12.1 Å². The molecule has 1 saturated heterocycles. The number of hydrogen-bond acceptors (Lipinski definition) is 4. The van der Waals surface area contributed by atoms with Crippen molar-refractivity contribution in [3.05, 3.63) is 0 Å². The monoisotopic (exact) mass is 381 g/mol. The molecule has 0 aromatic carbocycles. The number of carbonyl (C=O) groups excluding carboxylic acids is 2. The van der Waals surface area contributed by atoms with Crippen molar-refractivity contribution in [3.63, 3.8) is 0 Å². The highest BCUT2D eigenvalue weighted by Gasteiger charge is 2.46. The summed E-state index contributed by atoms with van der Waals surface area (Å²) in [7, 11) is 1.65. The standard InChI is InChI=1S/C17H30F3N3O3/c1-9(2)12(14(24)17(18,19)20)22-15(25)11-7-6-8-23(11)16(26)13(21-5)10(3)4/h9-14,21,24H,6-8H2,1-5H3,(H,22,25)/t11-,12?,13-,14?/m0/s1. The number of alkyl halides is 3. The van der Waals surface area contributed by atoms with Gasteiger partial charge in [-0.15, -0.1) is 0 Å². The van der Waals surface area contributed by atoms with Crippen LogP contribution in [0.1, 0.15) is 40.5 Å². The van der Waals surface area contributed by atoms with E-state index >= 15 is 0 Å². The van der Waals surface area contributed by atoms with Crippen molar-refractivity contribution in [1.82, 2.24) is 15.5 Å². The summed E-state index contributed by atoms with van der Waals surface area (Å²) >= 11 is 0. The molecule has 1 aliphatic heterocycles. The zero-order valence-electron chi connectivity index (χ0n) is 15.9. The van der Waals surface area contributed by atoms with Crippen molar-refractivity contribution in [2.75, 3.05) is 13.6 Å². The lowest BCUT2D eigenvalue weighted by Gasteiger charge is -2.33. The van der Waals surface area contributed by atoms with Crippen LogP contribution in [0, 0.1) is 11.8 Å². The summed E-state index contributed by atoms with van der Waals surface area (Å²) < 4.78 is 38.6. The van der Waals surface area contributed by atoms with Crippen LogP contribution in [-0.2, 0) is 9.59 Å². The van der Waals surface area contributed by atoms with Crippen molar-refractivity contribution < 1.29 is 27.9 Å². The molecule has 0 aromatic rings. The predicted octanol–water partition coefficient (Wildman–Crippen LogP) is 1.29. The van der Waals surface area contributed by atoms with E-state index in [2.05, 4.69) is 10.6 Å². The fourth-order valence-electron chi connectivity index (χ4n) is 3.30. The first-order chi connectivity index (χ1) is 11.9. The van der Waals surface area contributed by atoms with Crippen LogP contribution in [0.15, 0.2) is 0 Å². The minimum atomic E-state index is -4.83. The highest BCUT2D eigenvalue weighted by atomic mass is 19.4. The third-order valence-corrected chi connectivity index (χ3v) is 4.78. The maximum Gasteiger partial charge on any atom is 0.416 e. The molecule has 1 heterocycles. The normalized spacial score (nSPS) is 21.8. The minimum Gasteiger partial charge on any atom is -0.382 e. The van der Waals surface area contributed by atoms with E-state index in [0.29, 0.717) is 19.4 Å². The number of nitrogens with zero attached hydrogens (tertiary/aromatic N) is 1.